The maximum Gasteiger partial charge on any atom is 0.262 e. The Morgan fingerprint density at radius 3 is 2.51 bits per heavy atom. The van der Waals surface area contributed by atoms with Crippen molar-refractivity contribution in [3.63, 3.8) is 0 Å². The molecule has 7 nitrogen and oxygen atoms in total. The Morgan fingerprint density at radius 2 is 1.74 bits per heavy atom. The average molecular weight is 494 g/mol. The number of nitrogens with one attached hydrogen (secondary N) is 2. The van der Waals surface area contributed by atoms with Crippen LogP contribution < -0.4 is 10.0 Å². The van der Waals surface area contributed by atoms with Crippen molar-refractivity contribution in [2.24, 2.45) is 0 Å². The van der Waals surface area contributed by atoms with Crippen LogP contribution >= 0.6 is 0 Å². The van der Waals surface area contributed by atoms with Crippen molar-refractivity contribution in [1.29, 1.82) is 0 Å². The Bertz CT molecular complexity index is 1440. The Hall–Kier alpha value is -3.98. The summed E-state index contributed by atoms with van der Waals surface area (Å²) in [5.41, 5.74) is 2.27. The molecule has 0 aliphatic rings. The fourth-order valence-corrected chi connectivity index (χ4v) is 4.59. The number of hydrogen-bond acceptors (Lipinski definition) is 5. The number of amides is 1. The summed E-state index contributed by atoms with van der Waals surface area (Å²) in [5.74, 6) is -0.0549. The van der Waals surface area contributed by atoms with Gasteiger partial charge in [-0.3, -0.25) is 9.52 Å². The highest BCUT2D eigenvalue weighted by molar-refractivity contribution is 7.92. The molecule has 0 unspecified atom stereocenters. The topological polar surface area (TPSA) is 101 Å². The number of aryl methyl sites for hydroxylation is 2. The summed E-state index contributed by atoms with van der Waals surface area (Å²) >= 11 is 0. The zero-order chi connectivity index (χ0) is 24.8. The van der Waals surface area contributed by atoms with E-state index in [-0.39, 0.29) is 28.9 Å². The molecule has 4 rings (SSSR count). The summed E-state index contributed by atoms with van der Waals surface area (Å²) in [4.78, 5) is 16.5. The normalized spacial score (nSPS) is 11.3. The molecule has 0 radical (unpaired) electrons. The van der Waals surface area contributed by atoms with Crippen LogP contribution in [0.2, 0.25) is 0 Å². The molecule has 0 saturated carbocycles. The molecule has 9 heteroatoms. The van der Waals surface area contributed by atoms with Crippen LogP contribution in [0, 0.1) is 12.7 Å². The van der Waals surface area contributed by atoms with E-state index in [1.165, 1.54) is 18.2 Å². The van der Waals surface area contributed by atoms with Crippen molar-refractivity contribution in [1.82, 2.24) is 10.3 Å². The molecule has 0 aliphatic carbocycles. The maximum absolute atomic E-state index is 13.5. The minimum Gasteiger partial charge on any atom is -0.441 e. The molecular formula is C26H24FN3O4S. The third-order valence-electron chi connectivity index (χ3n) is 5.34. The van der Waals surface area contributed by atoms with Gasteiger partial charge in [0.1, 0.15) is 17.3 Å². The number of benzene rings is 3. The first-order valence-corrected chi connectivity index (χ1v) is 12.4. The Balaban J connectivity index is 1.46. The Kier molecular flexibility index (Phi) is 7.26. The van der Waals surface area contributed by atoms with E-state index in [1.54, 1.807) is 31.2 Å². The molecule has 1 amide bonds. The van der Waals surface area contributed by atoms with Gasteiger partial charge in [0.2, 0.25) is 11.8 Å². The molecule has 180 valence electrons. The number of nitrogens with zero attached hydrogens (tertiary/aromatic N) is 1. The molecule has 35 heavy (non-hydrogen) atoms. The zero-order valence-corrected chi connectivity index (χ0v) is 19.8. The predicted molar refractivity (Wildman–Crippen MR) is 130 cm³/mol. The number of anilines is 1. The number of carbonyl (C=O) groups excluding carboxylic acids is 1. The van der Waals surface area contributed by atoms with Crippen LogP contribution in [0.4, 0.5) is 10.1 Å². The molecule has 0 aliphatic heterocycles. The Morgan fingerprint density at radius 1 is 1.00 bits per heavy atom. The fourth-order valence-electron chi connectivity index (χ4n) is 3.48. The van der Waals surface area contributed by atoms with Gasteiger partial charge in [0.05, 0.1) is 22.7 Å². The first-order chi connectivity index (χ1) is 16.8. The van der Waals surface area contributed by atoms with Crippen LogP contribution in [-0.4, -0.2) is 19.3 Å². The van der Waals surface area contributed by atoms with Gasteiger partial charge in [0.25, 0.3) is 10.0 Å². The van der Waals surface area contributed by atoms with E-state index in [1.807, 2.05) is 30.3 Å². The highest BCUT2D eigenvalue weighted by atomic mass is 32.2. The summed E-state index contributed by atoms with van der Waals surface area (Å²) in [6, 6.07) is 21.1. The molecule has 0 spiro atoms. The summed E-state index contributed by atoms with van der Waals surface area (Å²) < 4.78 is 47.4. The largest absolute Gasteiger partial charge is 0.441 e. The highest BCUT2D eigenvalue weighted by Gasteiger charge is 2.20. The molecule has 2 N–H and O–H groups in total. The summed E-state index contributed by atoms with van der Waals surface area (Å²) in [5, 5.41) is 2.85. The highest BCUT2D eigenvalue weighted by Crippen LogP contribution is 2.30. The number of hydrogen-bond donors (Lipinski definition) is 2. The second kappa shape index (κ2) is 10.5. The van der Waals surface area contributed by atoms with E-state index in [0.29, 0.717) is 29.9 Å². The second-order valence-electron chi connectivity index (χ2n) is 7.89. The molecule has 0 saturated heterocycles. The monoisotopic (exact) mass is 493 g/mol. The minimum atomic E-state index is -4.04. The van der Waals surface area contributed by atoms with E-state index < -0.39 is 15.8 Å². The number of sulfonamides is 1. The summed E-state index contributed by atoms with van der Waals surface area (Å²) in [7, 11) is -4.04. The van der Waals surface area contributed by atoms with Gasteiger partial charge in [0, 0.05) is 6.42 Å². The van der Waals surface area contributed by atoms with Crippen LogP contribution in [0.1, 0.15) is 23.4 Å². The van der Waals surface area contributed by atoms with Crippen LogP contribution in [0.5, 0.6) is 0 Å². The van der Waals surface area contributed by atoms with Gasteiger partial charge >= 0.3 is 0 Å². The van der Waals surface area contributed by atoms with E-state index in [9.17, 15) is 17.6 Å². The SMILES string of the molecule is Cc1oc(-c2ccccc2NS(=O)(=O)c2cccc(F)c2)nc1CNC(=O)CCc1ccccc1. The van der Waals surface area contributed by atoms with E-state index in [4.69, 9.17) is 4.42 Å². The quantitative estimate of drug-likeness (QED) is 0.348. The molecule has 4 aromatic rings. The van der Waals surface area contributed by atoms with Gasteiger partial charge in [0.15, 0.2) is 0 Å². The summed E-state index contributed by atoms with van der Waals surface area (Å²) in [6.07, 6.45) is 0.979. The lowest BCUT2D eigenvalue weighted by atomic mass is 10.1. The van der Waals surface area contributed by atoms with Crippen molar-refractivity contribution in [3.8, 4) is 11.5 Å². The van der Waals surface area contributed by atoms with Crippen molar-refractivity contribution >= 4 is 21.6 Å². The van der Waals surface area contributed by atoms with E-state index >= 15 is 0 Å². The maximum atomic E-state index is 13.5. The number of para-hydroxylation sites is 1. The lowest BCUT2D eigenvalue weighted by Gasteiger charge is -2.11. The number of oxazole rings is 1. The number of carbonyl (C=O) groups is 1. The van der Waals surface area contributed by atoms with Crippen molar-refractivity contribution in [3.05, 3.63) is 102 Å². The molecule has 1 heterocycles. The van der Waals surface area contributed by atoms with Crippen LogP contribution in [0.15, 0.2) is 88.2 Å². The van der Waals surface area contributed by atoms with Crippen molar-refractivity contribution < 1.29 is 22.0 Å². The first kappa shape index (κ1) is 24.2. The number of aromatic nitrogens is 1. The Labute approximate surface area is 203 Å². The van der Waals surface area contributed by atoms with Crippen molar-refractivity contribution in [2.45, 2.75) is 31.2 Å². The van der Waals surface area contributed by atoms with Gasteiger partial charge < -0.3 is 9.73 Å². The molecule has 0 atom stereocenters. The zero-order valence-electron chi connectivity index (χ0n) is 19.0. The van der Waals surface area contributed by atoms with Gasteiger partial charge in [-0.2, -0.15) is 0 Å². The second-order valence-corrected chi connectivity index (χ2v) is 9.58. The average Bonchev–Trinajstić information content (AvgIpc) is 3.22. The third kappa shape index (κ3) is 6.13. The van der Waals surface area contributed by atoms with Gasteiger partial charge in [-0.15, -0.1) is 0 Å². The first-order valence-electron chi connectivity index (χ1n) is 11.0. The molecular weight excluding hydrogens is 469 g/mol. The minimum absolute atomic E-state index is 0.110. The van der Waals surface area contributed by atoms with Gasteiger partial charge in [-0.1, -0.05) is 48.5 Å². The number of rotatable bonds is 9. The van der Waals surface area contributed by atoms with Gasteiger partial charge in [-0.25, -0.2) is 17.8 Å². The molecule has 0 bridgehead atoms. The smallest absolute Gasteiger partial charge is 0.262 e. The van der Waals surface area contributed by atoms with Gasteiger partial charge in [-0.05, 0) is 49.2 Å². The van der Waals surface area contributed by atoms with Crippen molar-refractivity contribution in [2.75, 3.05) is 4.72 Å². The predicted octanol–water partition coefficient (Wildman–Crippen LogP) is 4.84. The fraction of sp³-hybridized carbons (Fsp3) is 0.154. The summed E-state index contributed by atoms with van der Waals surface area (Å²) in [6.45, 7) is 1.90. The van der Waals surface area contributed by atoms with E-state index in [0.717, 1.165) is 11.6 Å². The third-order valence-corrected chi connectivity index (χ3v) is 6.70. The number of halogens is 1. The van der Waals surface area contributed by atoms with Crippen LogP contribution in [0.3, 0.4) is 0 Å². The van der Waals surface area contributed by atoms with Crippen LogP contribution in [0.25, 0.3) is 11.5 Å². The lowest BCUT2D eigenvalue weighted by Crippen LogP contribution is -2.23. The van der Waals surface area contributed by atoms with E-state index in [2.05, 4.69) is 15.0 Å². The standard InChI is InChI=1S/C26H24FN3O4S/c1-18-24(17-28-25(31)15-14-19-8-3-2-4-9-19)29-26(34-18)22-12-5-6-13-23(22)30-35(32,33)21-11-7-10-20(27)16-21/h2-13,16,30H,14-15,17H2,1H3,(H,28,31). The molecule has 1 aromatic heterocycles. The molecule has 3 aromatic carbocycles. The molecule has 0 fully saturated rings. The van der Waals surface area contributed by atoms with Crippen LogP contribution in [-0.2, 0) is 27.8 Å². The lowest BCUT2D eigenvalue weighted by molar-refractivity contribution is -0.121.